The van der Waals surface area contributed by atoms with Gasteiger partial charge >= 0.3 is 0 Å². The van der Waals surface area contributed by atoms with Crippen molar-refractivity contribution in [2.45, 2.75) is 26.3 Å². The molecule has 1 aromatic rings. The van der Waals surface area contributed by atoms with Gasteiger partial charge in [-0.25, -0.2) is 0 Å². The third kappa shape index (κ3) is 6.76. The first-order valence-electron chi connectivity index (χ1n) is 7.04. The second-order valence-electron chi connectivity index (χ2n) is 5.34. The standard InChI is InChI=1S/C15H24N4O2/c1-11(2)9-18-15(20)10-17-13(8-14(16)19-21)12-6-4-3-5-7-12/h3-7,11,13,17,21H,8-10H2,1-2H3,(H2,16,19)(H,18,20). The van der Waals surface area contributed by atoms with Crippen molar-refractivity contribution in [3.8, 4) is 0 Å². The first kappa shape index (κ1) is 17.0. The molecule has 1 aromatic carbocycles. The van der Waals surface area contributed by atoms with Crippen LogP contribution in [0.3, 0.4) is 0 Å². The maximum Gasteiger partial charge on any atom is 0.233 e. The summed E-state index contributed by atoms with van der Waals surface area (Å²) in [7, 11) is 0. The van der Waals surface area contributed by atoms with Crippen molar-refractivity contribution in [1.82, 2.24) is 10.6 Å². The summed E-state index contributed by atoms with van der Waals surface area (Å²) in [5.41, 5.74) is 6.56. The predicted octanol–water partition coefficient (Wildman–Crippen LogP) is 1.23. The first-order chi connectivity index (χ1) is 10.0. The van der Waals surface area contributed by atoms with Crippen molar-refractivity contribution in [2.75, 3.05) is 13.1 Å². The van der Waals surface area contributed by atoms with Crippen LogP contribution in [0, 0.1) is 5.92 Å². The lowest BCUT2D eigenvalue weighted by molar-refractivity contribution is -0.120. The number of hydrogen-bond donors (Lipinski definition) is 4. The van der Waals surface area contributed by atoms with Crippen LogP contribution in [0.1, 0.15) is 31.9 Å². The topological polar surface area (TPSA) is 99.7 Å². The Kier molecular flexibility index (Phi) is 7.25. The van der Waals surface area contributed by atoms with E-state index < -0.39 is 0 Å². The van der Waals surface area contributed by atoms with Crippen LogP contribution in [0.15, 0.2) is 35.5 Å². The fourth-order valence-electron chi connectivity index (χ4n) is 1.84. The van der Waals surface area contributed by atoms with Gasteiger partial charge in [0.05, 0.1) is 6.54 Å². The first-order valence-corrected chi connectivity index (χ1v) is 7.04. The summed E-state index contributed by atoms with van der Waals surface area (Å²) in [6.45, 7) is 4.92. The molecule has 0 spiro atoms. The molecule has 5 N–H and O–H groups in total. The smallest absolute Gasteiger partial charge is 0.233 e. The van der Waals surface area contributed by atoms with E-state index in [-0.39, 0.29) is 24.3 Å². The minimum Gasteiger partial charge on any atom is -0.409 e. The van der Waals surface area contributed by atoms with Gasteiger partial charge in [0.15, 0.2) is 0 Å². The highest BCUT2D eigenvalue weighted by Crippen LogP contribution is 2.16. The average molecular weight is 292 g/mol. The zero-order valence-corrected chi connectivity index (χ0v) is 12.5. The third-order valence-corrected chi connectivity index (χ3v) is 2.96. The van der Waals surface area contributed by atoms with Crippen LogP contribution in [0.5, 0.6) is 0 Å². The molecule has 1 amide bonds. The minimum absolute atomic E-state index is 0.0656. The zero-order chi connectivity index (χ0) is 15.7. The van der Waals surface area contributed by atoms with E-state index in [1.54, 1.807) is 0 Å². The molecule has 1 unspecified atom stereocenters. The van der Waals surface area contributed by atoms with Gasteiger partial charge in [0.1, 0.15) is 5.84 Å². The number of hydrogen-bond acceptors (Lipinski definition) is 4. The van der Waals surface area contributed by atoms with Gasteiger partial charge in [0.25, 0.3) is 0 Å². The molecule has 0 radical (unpaired) electrons. The molecule has 0 aliphatic heterocycles. The number of amidine groups is 1. The summed E-state index contributed by atoms with van der Waals surface area (Å²) >= 11 is 0. The number of amides is 1. The minimum atomic E-state index is -0.174. The predicted molar refractivity (Wildman–Crippen MR) is 83.1 cm³/mol. The number of carbonyl (C=O) groups is 1. The summed E-state index contributed by atoms with van der Waals surface area (Å²) in [6, 6.07) is 9.44. The molecule has 0 aromatic heterocycles. The largest absolute Gasteiger partial charge is 0.409 e. The van der Waals surface area contributed by atoms with Gasteiger partial charge in [-0.2, -0.15) is 0 Å². The summed E-state index contributed by atoms with van der Waals surface area (Å²) in [6.07, 6.45) is 0.331. The molecule has 0 aliphatic rings. The number of oxime groups is 1. The molecule has 1 atom stereocenters. The Hall–Kier alpha value is -2.08. The van der Waals surface area contributed by atoms with Crippen molar-refractivity contribution in [3.63, 3.8) is 0 Å². The van der Waals surface area contributed by atoms with E-state index in [9.17, 15) is 4.79 Å². The van der Waals surface area contributed by atoms with Gasteiger partial charge in [-0.1, -0.05) is 49.3 Å². The molecule has 116 valence electrons. The molecule has 0 aliphatic carbocycles. The summed E-state index contributed by atoms with van der Waals surface area (Å²) < 4.78 is 0. The van der Waals surface area contributed by atoms with E-state index in [2.05, 4.69) is 15.8 Å². The Morgan fingerprint density at radius 1 is 1.33 bits per heavy atom. The zero-order valence-electron chi connectivity index (χ0n) is 12.5. The van der Waals surface area contributed by atoms with Gasteiger partial charge < -0.3 is 21.6 Å². The second kappa shape index (κ2) is 8.97. The molecular weight excluding hydrogens is 268 g/mol. The van der Waals surface area contributed by atoms with Crippen LogP contribution in [0.4, 0.5) is 0 Å². The molecule has 0 saturated heterocycles. The number of benzene rings is 1. The Morgan fingerprint density at radius 3 is 2.57 bits per heavy atom. The van der Waals surface area contributed by atoms with Gasteiger partial charge in [-0.05, 0) is 11.5 Å². The van der Waals surface area contributed by atoms with Crippen molar-refractivity contribution in [1.29, 1.82) is 0 Å². The second-order valence-corrected chi connectivity index (χ2v) is 5.34. The molecule has 0 bridgehead atoms. The highest BCUT2D eigenvalue weighted by Gasteiger charge is 2.14. The van der Waals surface area contributed by atoms with E-state index >= 15 is 0 Å². The van der Waals surface area contributed by atoms with E-state index in [1.807, 2.05) is 44.2 Å². The Morgan fingerprint density at radius 2 is 2.00 bits per heavy atom. The van der Waals surface area contributed by atoms with E-state index in [4.69, 9.17) is 10.9 Å². The van der Waals surface area contributed by atoms with E-state index in [0.717, 1.165) is 5.56 Å². The summed E-state index contributed by atoms with van der Waals surface area (Å²) in [5, 5.41) is 17.7. The third-order valence-electron chi connectivity index (χ3n) is 2.96. The molecule has 21 heavy (non-hydrogen) atoms. The van der Waals surface area contributed by atoms with Gasteiger partial charge in [0.2, 0.25) is 5.91 Å². The lowest BCUT2D eigenvalue weighted by Crippen LogP contribution is -2.38. The maximum absolute atomic E-state index is 11.8. The van der Waals surface area contributed by atoms with Crippen LogP contribution in [-0.4, -0.2) is 30.0 Å². The van der Waals surface area contributed by atoms with Crippen LogP contribution in [0.25, 0.3) is 0 Å². The Bertz CT molecular complexity index is 460. The van der Waals surface area contributed by atoms with Gasteiger partial charge in [0, 0.05) is 19.0 Å². The Balaban J connectivity index is 2.60. The van der Waals surface area contributed by atoms with Gasteiger partial charge in [-0.3, -0.25) is 4.79 Å². The average Bonchev–Trinajstić information content (AvgIpc) is 2.49. The highest BCUT2D eigenvalue weighted by atomic mass is 16.4. The van der Waals surface area contributed by atoms with Crippen molar-refractivity contribution >= 4 is 11.7 Å². The van der Waals surface area contributed by atoms with Crippen molar-refractivity contribution in [2.24, 2.45) is 16.8 Å². The van der Waals surface area contributed by atoms with Crippen molar-refractivity contribution < 1.29 is 10.0 Å². The lowest BCUT2D eigenvalue weighted by atomic mass is 10.0. The number of nitrogens with one attached hydrogen (secondary N) is 2. The molecule has 1 rings (SSSR count). The SMILES string of the molecule is CC(C)CNC(=O)CNC(C/C(N)=N/O)c1ccccc1. The van der Waals surface area contributed by atoms with Crippen LogP contribution in [-0.2, 0) is 4.79 Å². The number of rotatable bonds is 8. The lowest BCUT2D eigenvalue weighted by Gasteiger charge is -2.18. The number of nitrogens with two attached hydrogens (primary N) is 1. The highest BCUT2D eigenvalue weighted by molar-refractivity contribution is 5.81. The quantitative estimate of drug-likeness (QED) is 0.250. The molecule has 0 saturated carbocycles. The monoisotopic (exact) mass is 292 g/mol. The normalized spacial score (nSPS) is 13.2. The van der Waals surface area contributed by atoms with Crippen LogP contribution >= 0.6 is 0 Å². The fourth-order valence-corrected chi connectivity index (χ4v) is 1.84. The van der Waals surface area contributed by atoms with E-state index in [0.29, 0.717) is 18.9 Å². The molecule has 6 nitrogen and oxygen atoms in total. The molecule has 0 heterocycles. The molecule has 0 fully saturated rings. The van der Waals surface area contributed by atoms with Crippen LogP contribution < -0.4 is 16.4 Å². The summed E-state index contributed by atoms with van der Waals surface area (Å²) in [5.74, 6) is 0.471. The van der Waals surface area contributed by atoms with Gasteiger partial charge in [-0.15, -0.1) is 0 Å². The molecule has 6 heteroatoms. The van der Waals surface area contributed by atoms with E-state index in [1.165, 1.54) is 0 Å². The van der Waals surface area contributed by atoms with Crippen LogP contribution in [0.2, 0.25) is 0 Å². The maximum atomic E-state index is 11.8. The van der Waals surface area contributed by atoms with Crippen molar-refractivity contribution in [3.05, 3.63) is 35.9 Å². The molecular formula is C15H24N4O2. The number of carbonyl (C=O) groups excluding carboxylic acids is 1. The summed E-state index contributed by atoms with van der Waals surface area (Å²) in [4.78, 5) is 11.8. The fraction of sp³-hybridized carbons (Fsp3) is 0.467. The number of nitrogens with zero attached hydrogens (tertiary/aromatic N) is 1. The Labute approximate surface area is 125 Å².